The van der Waals surface area contributed by atoms with Gasteiger partial charge in [-0.25, -0.2) is 4.79 Å². The summed E-state index contributed by atoms with van der Waals surface area (Å²) in [6, 6.07) is 9.36. The van der Waals surface area contributed by atoms with Gasteiger partial charge in [0.15, 0.2) is 6.29 Å². The van der Waals surface area contributed by atoms with Crippen LogP contribution in [-0.4, -0.2) is 62.0 Å². The van der Waals surface area contributed by atoms with E-state index in [2.05, 4.69) is 24.5 Å². The van der Waals surface area contributed by atoms with E-state index in [0.29, 0.717) is 32.1 Å². The van der Waals surface area contributed by atoms with Gasteiger partial charge in [0, 0.05) is 6.54 Å². The van der Waals surface area contributed by atoms with Crippen LogP contribution >= 0.6 is 0 Å². The fourth-order valence-electron chi connectivity index (χ4n) is 3.68. The molecule has 0 spiro atoms. The highest BCUT2D eigenvalue weighted by atomic mass is 16.7. The van der Waals surface area contributed by atoms with Crippen LogP contribution in [0.2, 0.25) is 0 Å². The van der Waals surface area contributed by atoms with Crippen molar-refractivity contribution in [1.29, 1.82) is 0 Å². The van der Waals surface area contributed by atoms with E-state index in [-0.39, 0.29) is 18.3 Å². The largest absolute Gasteiger partial charge is 0.443 e. The van der Waals surface area contributed by atoms with Crippen molar-refractivity contribution in [3.63, 3.8) is 0 Å². The Morgan fingerprint density at radius 3 is 2.79 bits per heavy atom. The first kappa shape index (κ1) is 21.0. The first-order valence-electron chi connectivity index (χ1n) is 10.2. The maximum Gasteiger partial charge on any atom is 0.407 e. The first-order valence-corrected chi connectivity index (χ1v) is 10.2. The van der Waals surface area contributed by atoms with Crippen molar-refractivity contribution in [1.82, 2.24) is 10.6 Å². The van der Waals surface area contributed by atoms with E-state index in [1.165, 1.54) is 0 Å². The van der Waals surface area contributed by atoms with Crippen molar-refractivity contribution < 1.29 is 24.1 Å². The molecule has 2 heterocycles. The molecule has 1 amide bonds. The molecule has 28 heavy (non-hydrogen) atoms. The molecule has 3 N–H and O–H groups in total. The van der Waals surface area contributed by atoms with E-state index in [4.69, 9.17) is 14.2 Å². The number of carbonyl (C=O) groups excluding carboxylic acids is 1. The molecule has 0 bridgehead atoms. The Bertz CT molecular complexity index is 612. The monoisotopic (exact) mass is 392 g/mol. The molecule has 156 valence electrons. The number of ether oxygens (including phenoxy) is 3. The quantitative estimate of drug-likeness (QED) is 0.593. The van der Waals surface area contributed by atoms with Crippen molar-refractivity contribution in [2.75, 3.05) is 26.3 Å². The van der Waals surface area contributed by atoms with E-state index < -0.39 is 18.2 Å². The smallest absolute Gasteiger partial charge is 0.407 e. The van der Waals surface area contributed by atoms with E-state index in [9.17, 15) is 9.90 Å². The molecule has 1 aromatic carbocycles. The zero-order chi connectivity index (χ0) is 19.9. The summed E-state index contributed by atoms with van der Waals surface area (Å²) < 4.78 is 16.6. The van der Waals surface area contributed by atoms with Crippen LogP contribution in [0, 0.1) is 11.8 Å². The molecule has 2 aliphatic rings. The first-order chi connectivity index (χ1) is 13.5. The summed E-state index contributed by atoms with van der Waals surface area (Å²) in [7, 11) is 0. The number of alkyl carbamates (subject to hydrolysis) is 1. The number of rotatable bonds is 9. The lowest BCUT2D eigenvalue weighted by molar-refractivity contribution is -0.0907. The summed E-state index contributed by atoms with van der Waals surface area (Å²) in [5.41, 5.74) is 1.05. The number of carbonyl (C=O) groups is 1. The molecule has 7 nitrogen and oxygen atoms in total. The fourth-order valence-corrected chi connectivity index (χ4v) is 3.68. The SMILES string of the molecule is CC(C)CNC[C@@H](O)[C@H](Cc1ccccc1)NC(=O)O[C@H]1COC2OCCC21. The minimum atomic E-state index is -0.728. The highest BCUT2D eigenvalue weighted by molar-refractivity contribution is 5.68. The summed E-state index contributed by atoms with van der Waals surface area (Å²) in [5.74, 6) is 0.581. The Morgan fingerprint density at radius 2 is 2.04 bits per heavy atom. The van der Waals surface area contributed by atoms with E-state index in [1.807, 2.05) is 30.3 Å². The van der Waals surface area contributed by atoms with Crippen molar-refractivity contribution in [3.8, 4) is 0 Å². The number of fused-ring (bicyclic) bond motifs is 1. The maximum absolute atomic E-state index is 12.5. The van der Waals surface area contributed by atoms with Gasteiger partial charge in [-0.2, -0.15) is 0 Å². The van der Waals surface area contributed by atoms with Crippen molar-refractivity contribution in [3.05, 3.63) is 35.9 Å². The number of benzene rings is 1. The molecule has 5 atom stereocenters. The van der Waals surface area contributed by atoms with Crippen LogP contribution in [0.4, 0.5) is 4.79 Å². The predicted octanol–water partition coefficient (Wildman–Crippen LogP) is 1.69. The Hall–Kier alpha value is -1.67. The molecule has 0 aliphatic carbocycles. The third-order valence-electron chi connectivity index (χ3n) is 5.22. The number of amides is 1. The summed E-state index contributed by atoms with van der Waals surface area (Å²) in [4.78, 5) is 12.5. The molecule has 2 unspecified atom stereocenters. The molecule has 0 saturated carbocycles. The zero-order valence-corrected chi connectivity index (χ0v) is 16.7. The number of aliphatic hydroxyl groups is 1. The number of aliphatic hydroxyl groups excluding tert-OH is 1. The molecule has 2 saturated heterocycles. The Morgan fingerprint density at radius 1 is 1.25 bits per heavy atom. The average molecular weight is 392 g/mol. The second-order valence-corrected chi connectivity index (χ2v) is 8.03. The van der Waals surface area contributed by atoms with Crippen LogP contribution in [0.1, 0.15) is 25.8 Å². The van der Waals surface area contributed by atoms with Crippen molar-refractivity contribution in [2.24, 2.45) is 11.8 Å². The van der Waals surface area contributed by atoms with Gasteiger partial charge in [0.05, 0.1) is 31.3 Å². The lowest BCUT2D eigenvalue weighted by Gasteiger charge is -2.26. The molecular weight excluding hydrogens is 360 g/mol. The molecule has 2 aliphatic heterocycles. The molecule has 0 aromatic heterocycles. The third kappa shape index (κ3) is 5.91. The van der Waals surface area contributed by atoms with Crippen LogP contribution in [0.5, 0.6) is 0 Å². The standard InChI is InChI=1S/C21H32N2O5/c1-14(2)11-22-12-18(24)17(10-15-6-4-3-5-7-15)23-21(25)28-19-13-27-20-16(19)8-9-26-20/h3-7,14,16-20,22,24H,8-13H2,1-2H3,(H,23,25)/t16?,17-,18+,19-,20?/m0/s1. The topological polar surface area (TPSA) is 89.1 Å². The van der Waals surface area contributed by atoms with Crippen LogP contribution < -0.4 is 10.6 Å². The van der Waals surface area contributed by atoms with Gasteiger partial charge in [-0.3, -0.25) is 0 Å². The summed E-state index contributed by atoms with van der Waals surface area (Å²) >= 11 is 0. The van der Waals surface area contributed by atoms with Gasteiger partial charge in [0.25, 0.3) is 0 Å². The Balaban J connectivity index is 1.56. The summed E-state index contributed by atoms with van der Waals surface area (Å²) in [5, 5.41) is 16.8. The number of nitrogens with one attached hydrogen (secondary N) is 2. The minimum absolute atomic E-state index is 0.0935. The Labute approximate surface area is 166 Å². The second kappa shape index (κ2) is 10.2. The van der Waals surface area contributed by atoms with E-state index in [0.717, 1.165) is 18.5 Å². The van der Waals surface area contributed by atoms with Crippen LogP contribution in [-0.2, 0) is 20.6 Å². The lowest BCUT2D eigenvalue weighted by Crippen LogP contribution is -2.50. The fraction of sp³-hybridized carbons (Fsp3) is 0.667. The molecule has 7 heteroatoms. The summed E-state index contributed by atoms with van der Waals surface area (Å²) in [6.07, 6.45) is -0.460. The van der Waals surface area contributed by atoms with Gasteiger partial charge in [-0.15, -0.1) is 0 Å². The molecule has 2 fully saturated rings. The van der Waals surface area contributed by atoms with Gasteiger partial charge < -0.3 is 30.0 Å². The third-order valence-corrected chi connectivity index (χ3v) is 5.22. The Kier molecular flexibility index (Phi) is 7.67. The zero-order valence-electron chi connectivity index (χ0n) is 16.7. The van der Waals surface area contributed by atoms with Gasteiger partial charge in [-0.05, 0) is 30.9 Å². The number of hydrogen-bond donors (Lipinski definition) is 3. The minimum Gasteiger partial charge on any atom is -0.443 e. The second-order valence-electron chi connectivity index (χ2n) is 8.03. The molecule has 3 rings (SSSR count). The van der Waals surface area contributed by atoms with Crippen LogP contribution in [0.15, 0.2) is 30.3 Å². The molecule has 0 radical (unpaired) electrons. The van der Waals surface area contributed by atoms with Crippen LogP contribution in [0.3, 0.4) is 0 Å². The summed E-state index contributed by atoms with van der Waals surface area (Å²) in [6.45, 7) is 6.42. The van der Waals surface area contributed by atoms with Crippen molar-refractivity contribution in [2.45, 2.75) is 51.2 Å². The van der Waals surface area contributed by atoms with Gasteiger partial charge in [0.2, 0.25) is 0 Å². The molecular formula is C21H32N2O5. The van der Waals surface area contributed by atoms with Gasteiger partial charge in [0.1, 0.15) is 6.10 Å². The van der Waals surface area contributed by atoms with Crippen LogP contribution in [0.25, 0.3) is 0 Å². The average Bonchev–Trinajstić information content (AvgIpc) is 3.27. The predicted molar refractivity (Wildman–Crippen MR) is 105 cm³/mol. The number of hydrogen-bond acceptors (Lipinski definition) is 6. The van der Waals surface area contributed by atoms with E-state index in [1.54, 1.807) is 0 Å². The van der Waals surface area contributed by atoms with E-state index >= 15 is 0 Å². The molecule has 1 aromatic rings. The highest BCUT2D eigenvalue weighted by Crippen LogP contribution is 2.32. The normalized spacial score (nSPS) is 26.1. The van der Waals surface area contributed by atoms with Gasteiger partial charge in [-0.1, -0.05) is 44.2 Å². The highest BCUT2D eigenvalue weighted by Gasteiger charge is 2.44. The van der Waals surface area contributed by atoms with Crippen molar-refractivity contribution >= 4 is 6.09 Å². The maximum atomic E-state index is 12.5. The van der Waals surface area contributed by atoms with Gasteiger partial charge >= 0.3 is 6.09 Å². The lowest BCUT2D eigenvalue weighted by atomic mass is 10.0.